The molecule has 1 atom stereocenters. The molecular weight excluding hydrogens is 326 g/mol. The predicted molar refractivity (Wildman–Crippen MR) is 103 cm³/mol. The van der Waals surface area contributed by atoms with Gasteiger partial charge in [0.1, 0.15) is 0 Å². The number of amides is 1. The first-order valence-electron chi connectivity index (χ1n) is 9.24. The fourth-order valence-corrected chi connectivity index (χ4v) is 3.41. The molecule has 2 aromatic carbocycles. The van der Waals surface area contributed by atoms with Gasteiger partial charge < -0.3 is 14.8 Å². The summed E-state index contributed by atoms with van der Waals surface area (Å²) in [5, 5.41) is 3.07. The Morgan fingerprint density at radius 2 is 1.81 bits per heavy atom. The van der Waals surface area contributed by atoms with E-state index in [0.29, 0.717) is 30.6 Å². The van der Waals surface area contributed by atoms with E-state index in [4.69, 9.17) is 9.47 Å². The molecule has 0 radical (unpaired) electrons. The van der Waals surface area contributed by atoms with Gasteiger partial charge >= 0.3 is 0 Å². The number of benzene rings is 2. The van der Waals surface area contributed by atoms with Crippen LogP contribution < -0.4 is 14.8 Å². The van der Waals surface area contributed by atoms with E-state index in [9.17, 15) is 4.79 Å². The van der Waals surface area contributed by atoms with Gasteiger partial charge in [0.25, 0.3) is 0 Å². The number of carbonyl (C=O) groups excluding carboxylic acids is 1. The van der Waals surface area contributed by atoms with Crippen LogP contribution in [-0.4, -0.2) is 26.7 Å². The van der Waals surface area contributed by atoms with E-state index in [1.54, 1.807) is 14.2 Å². The number of hydrogen-bond donors (Lipinski definition) is 1. The van der Waals surface area contributed by atoms with Crippen LogP contribution in [0.2, 0.25) is 0 Å². The van der Waals surface area contributed by atoms with Crippen LogP contribution >= 0.6 is 0 Å². The van der Waals surface area contributed by atoms with Gasteiger partial charge in [-0.05, 0) is 54.4 Å². The minimum atomic E-state index is 0.131. The Morgan fingerprint density at radius 1 is 1.08 bits per heavy atom. The summed E-state index contributed by atoms with van der Waals surface area (Å²) in [6.45, 7) is 0.625. The van der Waals surface area contributed by atoms with E-state index in [-0.39, 0.29) is 5.91 Å². The largest absolute Gasteiger partial charge is 0.493 e. The Labute approximate surface area is 155 Å². The Morgan fingerprint density at radius 3 is 2.46 bits per heavy atom. The van der Waals surface area contributed by atoms with Crippen LogP contribution in [-0.2, 0) is 11.2 Å². The second kappa shape index (κ2) is 8.75. The molecule has 1 N–H and O–H groups in total. The summed E-state index contributed by atoms with van der Waals surface area (Å²) >= 11 is 0. The first-order valence-corrected chi connectivity index (χ1v) is 9.24. The Kier molecular flexibility index (Phi) is 6.16. The molecule has 0 saturated heterocycles. The number of hydrogen-bond acceptors (Lipinski definition) is 3. The highest BCUT2D eigenvalue weighted by Gasteiger charge is 2.33. The summed E-state index contributed by atoms with van der Waals surface area (Å²) in [6, 6.07) is 16.3. The molecule has 1 saturated carbocycles. The third-order valence-corrected chi connectivity index (χ3v) is 5.01. The monoisotopic (exact) mass is 353 g/mol. The molecule has 0 aliphatic heterocycles. The zero-order valence-electron chi connectivity index (χ0n) is 15.5. The third-order valence-electron chi connectivity index (χ3n) is 5.01. The van der Waals surface area contributed by atoms with Crippen molar-refractivity contribution in [1.82, 2.24) is 5.32 Å². The van der Waals surface area contributed by atoms with Gasteiger partial charge in [-0.2, -0.15) is 0 Å². The van der Waals surface area contributed by atoms with Crippen LogP contribution in [0.25, 0.3) is 0 Å². The molecule has 2 aromatic rings. The van der Waals surface area contributed by atoms with Crippen molar-refractivity contribution in [3.8, 4) is 11.5 Å². The first kappa shape index (κ1) is 18.3. The van der Waals surface area contributed by atoms with Crippen LogP contribution in [0.1, 0.15) is 36.3 Å². The van der Waals surface area contributed by atoms with Crippen LogP contribution in [0.4, 0.5) is 0 Å². The number of nitrogens with one attached hydrogen (secondary N) is 1. The highest BCUT2D eigenvalue weighted by Crippen LogP contribution is 2.44. The maximum Gasteiger partial charge on any atom is 0.220 e. The highest BCUT2D eigenvalue weighted by atomic mass is 16.5. The molecule has 4 nitrogen and oxygen atoms in total. The fourth-order valence-electron chi connectivity index (χ4n) is 3.41. The summed E-state index contributed by atoms with van der Waals surface area (Å²) in [5.41, 5.74) is 2.40. The average Bonchev–Trinajstić information content (AvgIpc) is 3.51. The highest BCUT2D eigenvalue weighted by molar-refractivity contribution is 5.77. The van der Waals surface area contributed by atoms with Crippen LogP contribution in [0.5, 0.6) is 11.5 Å². The number of carbonyl (C=O) groups is 1. The maximum absolute atomic E-state index is 12.4. The molecule has 138 valence electrons. The molecule has 0 spiro atoms. The molecule has 1 fully saturated rings. The Hall–Kier alpha value is -2.49. The molecule has 0 bridgehead atoms. The SMILES string of the molecule is COc1ccc(CCNC(=O)CC(c2ccccc2)C2CC2)cc1OC. The van der Waals surface area contributed by atoms with Crippen molar-refractivity contribution >= 4 is 5.91 Å². The van der Waals surface area contributed by atoms with E-state index >= 15 is 0 Å². The average molecular weight is 353 g/mol. The first-order chi connectivity index (χ1) is 12.7. The second-order valence-corrected chi connectivity index (χ2v) is 6.85. The molecule has 1 amide bonds. The van der Waals surface area contributed by atoms with Gasteiger partial charge in [-0.1, -0.05) is 36.4 Å². The van der Waals surface area contributed by atoms with Crippen molar-refractivity contribution < 1.29 is 14.3 Å². The Bertz CT molecular complexity index is 725. The van der Waals surface area contributed by atoms with Crippen molar-refractivity contribution in [3.05, 3.63) is 59.7 Å². The normalized spacial score (nSPS) is 14.5. The topological polar surface area (TPSA) is 47.6 Å². The third kappa shape index (κ3) is 4.78. The smallest absolute Gasteiger partial charge is 0.220 e. The lowest BCUT2D eigenvalue weighted by atomic mass is 9.91. The zero-order valence-corrected chi connectivity index (χ0v) is 15.5. The van der Waals surface area contributed by atoms with Crippen molar-refractivity contribution in [1.29, 1.82) is 0 Å². The van der Waals surface area contributed by atoms with Gasteiger partial charge in [0, 0.05) is 13.0 Å². The summed E-state index contributed by atoms with van der Waals surface area (Å²) in [4.78, 5) is 12.4. The van der Waals surface area contributed by atoms with Crippen molar-refractivity contribution in [3.63, 3.8) is 0 Å². The van der Waals surface area contributed by atoms with E-state index < -0.39 is 0 Å². The lowest BCUT2D eigenvalue weighted by molar-refractivity contribution is -0.121. The molecule has 3 rings (SSSR count). The van der Waals surface area contributed by atoms with E-state index in [0.717, 1.165) is 17.7 Å². The molecule has 1 aliphatic rings. The maximum atomic E-state index is 12.4. The molecule has 26 heavy (non-hydrogen) atoms. The fraction of sp³-hybridized carbons (Fsp3) is 0.409. The Balaban J connectivity index is 1.51. The standard InChI is InChI=1S/C22H27NO3/c1-25-20-11-8-16(14-21(20)26-2)12-13-23-22(24)15-19(18-9-10-18)17-6-4-3-5-7-17/h3-8,11,14,18-19H,9-10,12-13,15H2,1-2H3,(H,23,24). The van der Waals surface area contributed by atoms with E-state index in [1.807, 2.05) is 24.3 Å². The number of ether oxygens (including phenoxy) is 2. The number of rotatable bonds is 9. The van der Waals surface area contributed by atoms with Crippen LogP contribution in [0, 0.1) is 5.92 Å². The summed E-state index contributed by atoms with van der Waals surface area (Å²) in [7, 11) is 3.26. The predicted octanol–water partition coefficient (Wildman–Crippen LogP) is 3.95. The summed E-state index contributed by atoms with van der Waals surface area (Å²) in [6.07, 6.45) is 3.81. The van der Waals surface area contributed by atoms with Crippen molar-refractivity contribution in [2.24, 2.45) is 5.92 Å². The van der Waals surface area contributed by atoms with E-state index in [2.05, 4.69) is 29.6 Å². The second-order valence-electron chi connectivity index (χ2n) is 6.85. The molecule has 0 aromatic heterocycles. The minimum Gasteiger partial charge on any atom is -0.493 e. The van der Waals surface area contributed by atoms with Gasteiger partial charge in [0.2, 0.25) is 5.91 Å². The lowest BCUT2D eigenvalue weighted by Gasteiger charge is -2.16. The van der Waals surface area contributed by atoms with Gasteiger partial charge in [-0.3, -0.25) is 4.79 Å². The summed E-state index contributed by atoms with van der Waals surface area (Å²) < 4.78 is 10.6. The molecule has 4 heteroatoms. The zero-order chi connectivity index (χ0) is 18.4. The van der Waals surface area contributed by atoms with Crippen LogP contribution in [0.3, 0.4) is 0 Å². The van der Waals surface area contributed by atoms with Gasteiger partial charge in [-0.15, -0.1) is 0 Å². The molecular formula is C22H27NO3. The van der Waals surface area contributed by atoms with Gasteiger partial charge in [0.15, 0.2) is 11.5 Å². The number of methoxy groups -OCH3 is 2. The van der Waals surface area contributed by atoms with Crippen molar-refractivity contribution in [2.75, 3.05) is 20.8 Å². The molecule has 1 aliphatic carbocycles. The van der Waals surface area contributed by atoms with Crippen LogP contribution in [0.15, 0.2) is 48.5 Å². The minimum absolute atomic E-state index is 0.131. The molecule has 0 heterocycles. The molecule has 1 unspecified atom stereocenters. The van der Waals surface area contributed by atoms with E-state index in [1.165, 1.54) is 18.4 Å². The van der Waals surface area contributed by atoms with Gasteiger partial charge in [0.05, 0.1) is 14.2 Å². The van der Waals surface area contributed by atoms with Gasteiger partial charge in [-0.25, -0.2) is 0 Å². The summed E-state index contributed by atoms with van der Waals surface area (Å²) in [5.74, 6) is 2.57. The van der Waals surface area contributed by atoms with Crippen molar-refractivity contribution in [2.45, 2.75) is 31.6 Å². The quantitative estimate of drug-likeness (QED) is 0.743. The lowest BCUT2D eigenvalue weighted by Crippen LogP contribution is -2.27.